The van der Waals surface area contributed by atoms with Crippen molar-refractivity contribution in [2.45, 2.75) is 170 Å². The zero-order chi connectivity index (χ0) is 51.2. The first-order valence-electron chi connectivity index (χ1n) is 24.2. The maximum atomic E-state index is 12.2. The van der Waals surface area contributed by atoms with Crippen molar-refractivity contribution in [2.24, 2.45) is 23.7 Å². The summed E-state index contributed by atoms with van der Waals surface area (Å²) in [4.78, 5) is 47.4. The number of rotatable bonds is 33. The van der Waals surface area contributed by atoms with E-state index in [4.69, 9.17) is 0 Å². The molecular weight excluding hydrogens is 1070 g/mol. The van der Waals surface area contributed by atoms with E-state index in [1.54, 1.807) is 47.7 Å². The second-order valence-corrected chi connectivity index (χ2v) is 32.2. The Morgan fingerprint density at radius 1 is 0.559 bits per heavy atom. The first-order chi connectivity index (χ1) is 30.9. The highest BCUT2D eigenvalue weighted by Crippen LogP contribution is 2.22. The van der Waals surface area contributed by atoms with Gasteiger partial charge in [-0.2, -0.15) is 11.8 Å². The van der Waals surface area contributed by atoms with E-state index < -0.39 is 0 Å². The average Bonchev–Trinajstić information content (AvgIpc) is 3.21. The van der Waals surface area contributed by atoms with Crippen LogP contribution >= 0.6 is 11.8 Å². The summed E-state index contributed by atoms with van der Waals surface area (Å²) in [5.41, 5.74) is 0. The number of hydrogen-bond acceptors (Lipinski definition) is 7. The fourth-order valence-corrected chi connectivity index (χ4v) is 18.1. The maximum absolute atomic E-state index is 12.2. The van der Waals surface area contributed by atoms with Crippen LogP contribution in [-0.4, -0.2) is 112 Å². The highest BCUT2D eigenvalue weighted by atomic mass is 35.5. The molecule has 2 amide bonds. The Bertz CT molecular complexity index is 1540. The Kier molecular flexibility index (Phi) is 64.7. The van der Waals surface area contributed by atoms with Gasteiger partial charge in [0.1, 0.15) is 11.6 Å². The Balaban J connectivity index is -0.000000215. The minimum absolute atomic E-state index is 0. The Labute approximate surface area is 462 Å². The van der Waals surface area contributed by atoms with Gasteiger partial charge >= 0.3 is 0 Å². The number of nitrogens with one attached hydrogen (secondary N) is 2. The number of carbonyl (C=O) groups excluding carboxylic acids is 4. The number of quaternary nitrogens is 2. The number of thioether (sulfide) groups is 1. The van der Waals surface area contributed by atoms with Crippen molar-refractivity contribution in [3.05, 3.63) is 24.8 Å². The van der Waals surface area contributed by atoms with Crippen molar-refractivity contribution < 1.29 is 53.0 Å². The quantitative estimate of drug-likeness (QED) is 0.0554. The Morgan fingerprint density at radius 2 is 0.985 bits per heavy atom. The van der Waals surface area contributed by atoms with Crippen LogP contribution in [0.25, 0.3) is 0 Å². The standard InChI is InChI=1S/C24H48N2O2S.C19H35NO2.C6H14N.2ClH.S8/c1-20(2)13-11-9-8-10-12-16-25-24(28)15-14-22(19-23(27)21(3)4)29-18-17-26(5,6)7;1-16(2)12-8-6-5-7-11-15-20-19(22)14-10-9-13-18(21)17(3)4;1-5-6-7(2,3)4;;;1-3-5-7-8-6-4-2/h20-22H,8-19H2,1-7H3;9-10,16-17H,5-8,11-15H2,1-4H3,(H,20,22);5H,1,6H2,2-4H3;2*1H;/q;;+1;;;/p-1/b;10-9+;;;;. The molecule has 1 unspecified atom stereocenters. The summed E-state index contributed by atoms with van der Waals surface area (Å²) in [6.45, 7) is 24.1. The van der Waals surface area contributed by atoms with E-state index >= 15 is 0 Å². The van der Waals surface area contributed by atoms with Crippen LogP contribution in [0, 0.1) is 23.7 Å². The largest absolute Gasteiger partial charge is 1.00 e. The minimum atomic E-state index is 0. The Morgan fingerprint density at radius 3 is 1.37 bits per heavy atom. The second-order valence-electron chi connectivity index (χ2n) is 20.1. The molecule has 68 heavy (non-hydrogen) atoms. The third kappa shape index (κ3) is 72.9. The third-order valence-electron chi connectivity index (χ3n) is 9.69. The molecule has 0 aliphatic heterocycles. The number of carbonyl (C=O) groups is 4. The molecule has 0 aromatic rings. The first-order valence-corrected chi connectivity index (χ1v) is 34.6. The predicted molar refractivity (Wildman–Crippen MR) is 314 cm³/mol. The number of allylic oxidation sites excluding steroid dienone is 1. The van der Waals surface area contributed by atoms with Gasteiger partial charge in [-0.25, -0.2) is 0 Å². The fourth-order valence-electron chi connectivity index (χ4n) is 5.58. The van der Waals surface area contributed by atoms with Gasteiger partial charge in [-0.05, 0) is 37.2 Å². The molecule has 406 valence electrons. The summed E-state index contributed by atoms with van der Waals surface area (Å²) in [6, 6.07) is 0. The zero-order valence-corrected chi connectivity index (χ0v) is 53.7. The maximum Gasteiger partial charge on any atom is 0.223 e. The van der Waals surface area contributed by atoms with Crippen LogP contribution in [0.4, 0.5) is 0 Å². The van der Waals surface area contributed by atoms with Crippen molar-refractivity contribution in [1.82, 2.24) is 10.6 Å². The molecule has 1 atom stereocenters. The molecule has 0 saturated carbocycles. The van der Waals surface area contributed by atoms with Gasteiger partial charge in [0.25, 0.3) is 0 Å². The van der Waals surface area contributed by atoms with Crippen LogP contribution in [0.5, 0.6) is 0 Å². The highest BCUT2D eigenvalue weighted by Gasteiger charge is 2.19. The van der Waals surface area contributed by atoms with Crippen LogP contribution in [-0.2, 0) is 94.8 Å². The molecule has 0 aromatic carbocycles. The van der Waals surface area contributed by atoms with E-state index in [1.807, 2.05) is 45.5 Å². The molecule has 19 heteroatoms. The molecule has 0 aliphatic rings. The summed E-state index contributed by atoms with van der Waals surface area (Å²) >= 11 is 11.1. The zero-order valence-electron chi connectivity index (χ0n) is 44.8. The molecule has 0 rings (SSSR count). The summed E-state index contributed by atoms with van der Waals surface area (Å²) in [5.74, 6) is 3.50. The van der Waals surface area contributed by atoms with Gasteiger partial charge in [-0.1, -0.05) is 138 Å². The molecular formula is C49H98Cl2N4O4S9. The predicted octanol–water partition coefficient (Wildman–Crippen LogP) is 4.83. The van der Waals surface area contributed by atoms with Crippen LogP contribution in [0.2, 0.25) is 0 Å². The van der Waals surface area contributed by atoms with E-state index in [-0.39, 0.29) is 59.5 Å². The lowest BCUT2D eigenvalue weighted by Crippen LogP contribution is -3.00. The van der Waals surface area contributed by atoms with Gasteiger partial charge in [0.2, 0.25) is 11.8 Å². The van der Waals surface area contributed by atoms with Gasteiger partial charge in [0, 0.05) is 137 Å². The van der Waals surface area contributed by atoms with Gasteiger partial charge < -0.3 is 44.4 Å². The van der Waals surface area contributed by atoms with Gasteiger partial charge in [0.15, 0.2) is 0 Å². The molecule has 0 heterocycles. The van der Waals surface area contributed by atoms with Crippen molar-refractivity contribution in [1.29, 1.82) is 0 Å². The molecule has 0 bridgehead atoms. The van der Waals surface area contributed by atoms with Crippen LogP contribution in [0.3, 0.4) is 0 Å². The molecule has 0 aliphatic carbocycles. The smallest absolute Gasteiger partial charge is 0.223 e. The SMILES string of the molecule is C=CC[N+](C)(C)C.CC(C)CCCCCCCNC(=O)C/C=C/CC(=O)C(C)C.CC(C)CCCCCCCNC(=O)CCC(CC(=O)C(C)C)SCC[N+](C)(C)C.S=S=S=S=S=S=S=S.[Cl-].[Cl-]. The number of nitrogens with zero attached hydrogens (tertiary/aromatic N) is 2. The highest BCUT2D eigenvalue weighted by molar-refractivity contribution is 8.70. The van der Waals surface area contributed by atoms with Crippen LogP contribution < -0.4 is 35.4 Å². The van der Waals surface area contributed by atoms with Crippen LogP contribution in [0.1, 0.15) is 165 Å². The molecule has 2 N–H and O–H groups in total. The molecule has 0 saturated heterocycles. The van der Waals surface area contributed by atoms with E-state index in [2.05, 4.69) is 110 Å². The van der Waals surface area contributed by atoms with Crippen LogP contribution in [0.15, 0.2) is 24.8 Å². The molecule has 0 spiro atoms. The van der Waals surface area contributed by atoms with Crippen molar-refractivity contribution >= 4 is 111 Å². The van der Waals surface area contributed by atoms with Gasteiger partial charge in [-0.3, -0.25) is 19.2 Å². The number of halogens is 2. The van der Waals surface area contributed by atoms with Gasteiger partial charge in [-0.15, -0.1) is 0 Å². The topological polar surface area (TPSA) is 92.3 Å². The number of ketones is 2. The lowest BCUT2D eigenvalue weighted by molar-refractivity contribution is -0.867. The Hall–Kier alpha value is 0.370. The number of likely N-dealkylation sites (N-methyl/N-ethyl adjacent to an activating group) is 1. The van der Waals surface area contributed by atoms with Gasteiger partial charge in [0.05, 0.1) is 55.4 Å². The molecule has 8 nitrogen and oxygen atoms in total. The van der Waals surface area contributed by atoms with E-state index in [9.17, 15) is 19.2 Å². The molecule has 0 aromatic heterocycles. The summed E-state index contributed by atoms with van der Waals surface area (Å²) in [5, 5.41) is 6.25. The molecule has 0 fully saturated rings. The monoisotopic (exact) mass is 1160 g/mol. The van der Waals surface area contributed by atoms with E-state index in [1.165, 1.54) is 82.0 Å². The summed E-state index contributed by atoms with van der Waals surface area (Å²) < 4.78 is 1.90. The number of unbranched alkanes of at least 4 members (excludes halogenated alkanes) is 8. The fraction of sp³-hybridized carbons (Fsp3) is 0.837. The molecule has 0 radical (unpaired) electrons. The minimum Gasteiger partial charge on any atom is -1.00 e. The second kappa shape index (κ2) is 55.1. The normalized spacial score (nSPS) is 11.3. The number of Topliss-reactive ketones (excluding diaryl/α,β-unsaturated/α-hetero) is 2. The lowest BCUT2D eigenvalue weighted by Gasteiger charge is -2.25. The number of hydrogen-bond donors (Lipinski definition) is 2. The average molecular weight is 1170 g/mol. The van der Waals surface area contributed by atoms with E-state index in [0.29, 0.717) is 31.5 Å². The lowest BCUT2D eigenvalue weighted by atomic mass is 10.0. The van der Waals surface area contributed by atoms with Crippen molar-refractivity contribution in [3.8, 4) is 0 Å². The van der Waals surface area contributed by atoms with Crippen molar-refractivity contribution in [3.63, 3.8) is 0 Å². The summed E-state index contributed by atoms with van der Waals surface area (Å²) in [7, 11) is 22.1. The van der Waals surface area contributed by atoms with E-state index in [0.717, 1.165) is 72.0 Å². The summed E-state index contributed by atoms with van der Waals surface area (Å²) in [6.07, 6.45) is 23.2. The van der Waals surface area contributed by atoms with Crippen molar-refractivity contribution in [2.75, 3.05) is 74.2 Å². The third-order valence-corrected chi connectivity index (χ3v) is 22.1. The first kappa shape index (κ1) is 79.8. The number of amides is 2.